The van der Waals surface area contributed by atoms with Crippen molar-refractivity contribution in [2.45, 2.75) is 20.8 Å². The van der Waals surface area contributed by atoms with Gasteiger partial charge >= 0.3 is 0 Å². The number of carbonyl (C=O) groups excluding carboxylic acids is 1. The lowest BCUT2D eigenvalue weighted by Gasteiger charge is -2.12. The third-order valence-electron chi connectivity index (χ3n) is 3.16. The zero-order valence-corrected chi connectivity index (χ0v) is 10.0. The van der Waals surface area contributed by atoms with Gasteiger partial charge in [-0.3, -0.25) is 4.79 Å². The Morgan fingerprint density at radius 3 is 2.56 bits per heavy atom. The van der Waals surface area contributed by atoms with Crippen molar-refractivity contribution in [1.82, 2.24) is 4.90 Å². The summed E-state index contributed by atoms with van der Waals surface area (Å²) in [6, 6.07) is 3.97. The van der Waals surface area contributed by atoms with Gasteiger partial charge < -0.3 is 9.64 Å². The molecule has 1 aromatic carbocycles. The Morgan fingerprint density at radius 2 is 1.94 bits per heavy atom. The number of amides is 1. The van der Waals surface area contributed by atoms with E-state index in [1.54, 1.807) is 4.90 Å². The summed E-state index contributed by atoms with van der Waals surface area (Å²) < 4.78 is 5.54. The second-order valence-corrected chi connectivity index (χ2v) is 4.30. The lowest BCUT2D eigenvalue weighted by molar-refractivity contribution is -0.127. The van der Waals surface area contributed by atoms with Crippen LogP contribution in [-0.4, -0.2) is 30.5 Å². The summed E-state index contributed by atoms with van der Waals surface area (Å²) in [4.78, 5) is 13.2. The van der Waals surface area contributed by atoms with E-state index in [1.807, 2.05) is 19.1 Å². The molecule has 3 heteroatoms. The molecule has 16 heavy (non-hydrogen) atoms. The van der Waals surface area contributed by atoms with E-state index >= 15 is 0 Å². The van der Waals surface area contributed by atoms with E-state index in [2.05, 4.69) is 13.8 Å². The number of carbonyl (C=O) groups is 1. The number of hydrogen-bond acceptors (Lipinski definition) is 2. The Labute approximate surface area is 96.0 Å². The van der Waals surface area contributed by atoms with Crippen molar-refractivity contribution in [2.24, 2.45) is 0 Å². The summed E-state index contributed by atoms with van der Waals surface area (Å²) in [7, 11) is 0. The number of aryl methyl sites for hydroxylation is 1. The van der Waals surface area contributed by atoms with Crippen LogP contribution in [0, 0.1) is 20.8 Å². The Kier molecular flexibility index (Phi) is 2.86. The maximum absolute atomic E-state index is 11.4. The van der Waals surface area contributed by atoms with Crippen LogP contribution < -0.4 is 4.74 Å². The molecule has 1 heterocycles. The van der Waals surface area contributed by atoms with Crippen LogP contribution in [0.1, 0.15) is 16.7 Å². The van der Waals surface area contributed by atoms with Gasteiger partial charge in [-0.25, -0.2) is 0 Å². The number of benzene rings is 1. The minimum atomic E-state index is 0.0811. The molecule has 0 aliphatic carbocycles. The topological polar surface area (TPSA) is 29.3 Å². The first-order chi connectivity index (χ1) is 7.59. The van der Waals surface area contributed by atoms with Crippen LogP contribution >= 0.6 is 0 Å². The van der Waals surface area contributed by atoms with Gasteiger partial charge in [0.15, 0.2) is 6.61 Å². The van der Waals surface area contributed by atoms with Crippen molar-refractivity contribution < 1.29 is 9.53 Å². The van der Waals surface area contributed by atoms with Crippen molar-refractivity contribution >= 4 is 5.91 Å². The molecule has 3 nitrogen and oxygen atoms in total. The van der Waals surface area contributed by atoms with Gasteiger partial charge in [-0.05, 0) is 43.5 Å². The molecule has 0 atom stereocenters. The molecule has 0 aromatic heterocycles. The predicted octanol–water partition coefficient (Wildman–Crippen LogP) is 1.83. The van der Waals surface area contributed by atoms with Gasteiger partial charge in [0.05, 0.1) is 0 Å². The van der Waals surface area contributed by atoms with E-state index in [0.29, 0.717) is 0 Å². The van der Waals surface area contributed by atoms with Gasteiger partial charge in [-0.15, -0.1) is 0 Å². The van der Waals surface area contributed by atoms with E-state index in [-0.39, 0.29) is 12.5 Å². The Bertz CT molecular complexity index is 422. The zero-order chi connectivity index (χ0) is 11.7. The molecule has 0 unspecified atom stereocenters. The molecule has 2 rings (SSSR count). The average molecular weight is 219 g/mol. The lowest BCUT2D eigenvalue weighted by Crippen LogP contribution is -2.19. The lowest BCUT2D eigenvalue weighted by atomic mass is 10.0. The first-order valence-corrected chi connectivity index (χ1v) is 5.57. The molecule has 0 radical (unpaired) electrons. The highest BCUT2D eigenvalue weighted by molar-refractivity contribution is 5.79. The number of ether oxygens (including phenoxy) is 1. The van der Waals surface area contributed by atoms with Crippen molar-refractivity contribution in [3.05, 3.63) is 28.8 Å². The monoisotopic (exact) mass is 219 g/mol. The Hall–Kier alpha value is -1.51. The average Bonchev–Trinajstić information content (AvgIpc) is 3.08. The minimum absolute atomic E-state index is 0.0811. The Balaban J connectivity index is 2.03. The fraction of sp³-hybridized carbons (Fsp3) is 0.462. The van der Waals surface area contributed by atoms with Crippen molar-refractivity contribution in [3.8, 4) is 5.75 Å². The number of rotatable bonds is 3. The molecule has 86 valence electrons. The SMILES string of the molecule is Cc1ccc(OCC(=O)N2CC2)c(C)c1C. The first-order valence-electron chi connectivity index (χ1n) is 5.57. The maximum atomic E-state index is 11.4. The first kappa shape index (κ1) is 11.0. The van der Waals surface area contributed by atoms with Gasteiger partial charge in [-0.1, -0.05) is 6.07 Å². The molecule has 1 amide bonds. The molecule has 1 aliphatic heterocycles. The van der Waals surface area contributed by atoms with Gasteiger partial charge in [0.25, 0.3) is 5.91 Å². The van der Waals surface area contributed by atoms with E-state index in [4.69, 9.17) is 4.74 Å². The molecule has 0 N–H and O–H groups in total. The van der Waals surface area contributed by atoms with Gasteiger partial charge in [0.2, 0.25) is 0 Å². The molecule has 0 saturated carbocycles. The van der Waals surface area contributed by atoms with Crippen LogP contribution in [0.25, 0.3) is 0 Å². The highest BCUT2D eigenvalue weighted by Crippen LogP contribution is 2.23. The van der Waals surface area contributed by atoms with Crippen LogP contribution in [-0.2, 0) is 4.79 Å². The van der Waals surface area contributed by atoms with E-state index < -0.39 is 0 Å². The Morgan fingerprint density at radius 1 is 1.25 bits per heavy atom. The summed E-state index contributed by atoms with van der Waals surface area (Å²) in [5, 5.41) is 0. The molecular weight excluding hydrogens is 202 g/mol. The van der Waals surface area contributed by atoms with E-state index in [9.17, 15) is 4.79 Å². The molecule has 1 aromatic rings. The molecule has 0 spiro atoms. The van der Waals surface area contributed by atoms with E-state index in [0.717, 1.165) is 24.4 Å². The summed E-state index contributed by atoms with van der Waals surface area (Å²) in [5.74, 6) is 0.899. The highest BCUT2D eigenvalue weighted by Gasteiger charge is 2.24. The standard InChI is InChI=1S/C13H17NO2/c1-9-4-5-12(11(3)10(9)2)16-8-13(15)14-6-7-14/h4-5H,6-8H2,1-3H3. The number of hydrogen-bond donors (Lipinski definition) is 0. The second-order valence-electron chi connectivity index (χ2n) is 4.30. The van der Waals surface area contributed by atoms with Crippen molar-refractivity contribution in [1.29, 1.82) is 0 Å². The van der Waals surface area contributed by atoms with Gasteiger partial charge in [0.1, 0.15) is 5.75 Å². The third kappa shape index (κ3) is 2.18. The van der Waals surface area contributed by atoms with Crippen LogP contribution in [0.3, 0.4) is 0 Å². The third-order valence-corrected chi connectivity index (χ3v) is 3.16. The van der Waals surface area contributed by atoms with Crippen LogP contribution in [0.5, 0.6) is 5.75 Å². The fourth-order valence-corrected chi connectivity index (χ4v) is 1.62. The summed E-state index contributed by atoms with van der Waals surface area (Å²) in [6.07, 6.45) is 0. The maximum Gasteiger partial charge on any atom is 0.260 e. The smallest absolute Gasteiger partial charge is 0.260 e. The van der Waals surface area contributed by atoms with Gasteiger partial charge in [0, 0.05) is 13.1 Å². The minimum Gasteiger partial charge on any atom is -0.483 e. The second kappa shape index (κ2) is 4.16. The van der Waals surface area contributed by atoms with Gasteiger partial charge in [-0.2, -0.15) is 0 Å². The summed E-state index contributed by atoms with van der Waals surface area (Å²) in [6.45, 7) is 8.10. The highest BCUT2D eigenvalue weighted by atomic mass is 16.5. The van der Waals surface area contributed by atoms with Crippen molar-refractivity contribution in [3.63, 3.8) is 0 Å². The number of nitrogens with zero attached hydrogens (tertiary/aromatic N) is 1. The molecule has 1 saturated heterocycles. The zero-order valence-electron chi connectivity index (χ0n) is 10.0. The quantitative estimate of drug-likeness (QED) is 0.726. The summed E-state index contributed by atoms with van der Waals surface area (Å²) >= 11 is 0. The molecule has 0 bridgehead atoms. The predicted molar refractivity (Wildman–Crippen MR) is 62.7 cm³/mol. The molecule has 1 fully saturated rings. The molecule has 1 aliphatic rings. The van der Waals surface area contributed by atoms with Crippen LogP contribution in [0.4, 0.5) is 0 Å². The van der Waals surface area contributed by atoms with Crippen LogP contribution in [0.2, 0.25) is 0 Å². The molecular formula is C13H17NO2. The van der Waals surface area contributed by atoms with E-state index in [1.165, 1.54) is 11.1 Å². The largest absolute Gasteiger partial charge is 0.483 e. The normalized spacial score (nSPS) is 13.8. The van der Waals surface area contributed by atoms with Crippen LogP contribution in [0.15, 0.2) is 12.1 Å². The fourth-order valence-electron chi connectivity index (χ4n) is 1.62. The van der Waals surface area contributed by atoms with Crippen molar-refractivity contribution in [2.75, 3.05) is 19.7 Å². The summed E-state index contributed by atoms with van der Waals surface area (Å²) in [5.41, 5.74) is 3.61.